The topological polar surface area (TPSA) is 68.0 Å². The van der Waals surface area contributed by atoms with Crippen molar-refractivity contribution in [1.82, 2.24) is 10.3 Å². The van der Waals surface area contributed by atoms with E-state index in [-0.39, 0.29) is 17.4 Å². The second kappa shape index (κ2) is 5.27. The highest BCUT2D eigenvalue weighted by Gasteiger charge is 2.22. The normalized spacial score (nSPS) is 13.2. The van der Waals surface area contributed by atoms with Crippen LogP contribution in [-0.2, 0) is 6.54 Å². The van der Waals surface area contributed by atoms with Gasteiger partial charge >= 0.3 is 0 Å². The quantitative estimate of drug-likeness (QED) is 0.838. The van der Waals surface area contributed by atoms with Gasteiger partial charge in [-0.05, 0) is 24.0 Å². The van der Waals surface area contributed by atoms with Crippen LogP contribution in [0.5, 0.6) is 0 Å². The number of pyridine rings is 1. The standard InChI is InChI=1S/C13H21N3O/c1-9(13(2,3)4)16-12(17)11-6-5-10(7-14)8-15-11/h5-6,8-9H,7,14H2,1-4H3,(H,16,17). The van der Waals surface area contributed by atoms with E-state index in [4.69, 9.17) is 5.73 Å². The maximum atomic E-state index is 11.9. The number of carbonyl (C=O) groups is 1. The lowest BCUT2D eigenvalue weighted by Crippen LogP contribution is -2.41. The number of nitrogens with one attached hydrogen (secondary N) is 1. The van der Waals surface area contributed by atoms with Crippen molar-refractivity contribution < 1.29 is 4.79 Å². The monoisotopic (exact) mass is 235 g/mol. The number of nitrogens with zero attached hydrogens (tertiary/aromatic N) is 1. The van der Waals surface area contributed by atoms with Gasteiger partial charge in [-0.25, -0.2) is 0 Å². The van der Waals surface area contributed by atoms with E-state index in [0.717, 1.165) is 5.56 Å². The van der Waals surface area contributed by atoms with Crippen molar-refractivity contribution in [2.24, 2.45) is 11.1 Å². The predicted molar refractivity (Wildman–Crippen MR) is 68.5 cm³/mol. The van der Waals surface area contributed by atoms with Gasteiger partial charge in [0, 0.05) is 18.8 Å². The van der Waals surface area contributed by atoms with Crippen molar-refractivity contribution in [2.45, 2.75) is 40.3 Å². The van der Waals surface area contributed by atoms with Crippen molar-refractivity contribution >= 4 is 5.91 Å². The molecule has 3 N–H and O–H groups in total. The minimum absolute atomic E-state index is 0.0346. The number of carbonyl (C=O) groups excluding carboxylic acids is 1. The van der Waals surface area contributed by atoms with E-state index in [1.54, 1.807) is 12.3 Å². The molecule has 0 aliphatic carbocycles. The van der Waals surface area contributed by atoms with Crippen LogP contribution in [0.25, 0.3) is 0 Å². The van der Waals surface area contributed by atoms with Crippen LogP contribution in [0.3, 0.4) is 0 Å². The fourth-order valence-corrected chi connectivity index (χ4v) is 1.17. The van der Waals surface area contributed by atoms with Gasteiger partial charge in [-0.3, -0.25) is 9.78 Å². The molecule has 0 aromatic carbocycles. The lowest BCUT2D eigenvalue weighted by atomic mass is 9.88. The first-order valence-electron chi connectivity index (χ1n) is 5.80. The molecule has 0 bridgehead atoms. The van der Waals surface area contributed by atoms with E-state index in [1.165, 1.54) is 0 Å². The smallest absolute Gasteiger partial charge is 0.270 e. The third-order valence-corrected chi connectivity index (χ3v) is 2.94. The molecule has 4 heteroatoms. The largest absolute Gasteiger partial charge is 0.348 e. The molecule has 17 heavy (non-hydrogen) atoms. The Kier molecular flexibility index (Phi) is 4.23. The fourth-order valence-electron chi connectivity index (χ4n) is 1.17. The summed E-state index contributed by atoms with van der Waals surface area (Å²) in [5.74, 6) is -0.143. The van der Waals surface area contributed by atoms with E-state index >= 15 is 0 Å². The Morgan fingerprint density at radius 1 is 1.47 bits per heavy atom. The summed E-state index contributed by atoms with van der Waals surface area (Å²) in [7, 11) is 0. The van der Waals surface area contributed by atoms with Gasteiger partial charge in [0.25, 0.3) is 5.91 Å². The number of rotatable bonds is 3. The fraction of sp³-hybridized carbons (Fsp3) is 0.538. The second-order valence-corrected chi connectivity index (χ2v) is 5.32. The molecule has 0 saturated heterocycles. The van der Waals surface area contributed by atoms with E-state index < -0.39 is 0 Å². The van der Waals surface area contributed by atoms with E-state index in [0.29, 0.717) is 12.2 Å². The minimum atomic E-state index is -0.143. The summed E-state index contributed by atoms with van der Waals surface area (Å²) in [6.45, 7) is 8.69. The number of hydrogen-bond donors (Lipinski definition) is 2. The Hall–Kier alpha value is -1.42. The van der Waals surface area contributed by atoms with Gasteiger partial charge in [0.2, 0.25) is 0 Å². The molecule has 1 heterocycles. The Balaban J connectivity index is 2.70. The van der Waals surface area contributed by atoms with Gasteiger partial charge < -0.3 is 11.1 Å². The predicted octanol–water partition coefficient (Wildman–Crippen LogP) is 1.70. The third-order valence-electron chi connectivity index (χ3n) is 2.94. The molecule has 4 nitrogen and oxygen atoms in total. The summed E-state index contributed by atoms with van der Waals surface area (Å²) in [4.78, 5) is 16.0. The molecule has 0 spiro atoms. The molecule has 1 atom stereocenters. The maximum absolute atomic E-state index is 11.9. The molecule has 0 aliphatic heterocycles. The molecule has 94 valence electrons. The summed E-state index contributed by atoms with van der Waals surface area (Å²) in [6, 6.07) is 3.61. The number of amides is 1. The summed E-state index contributed by atoms with van der Waals surface area (Å²) in [5.41, 5.74) is 6.86. The third kappa shape index (κ3) is 3.82. The maximum Gasteiger partial charge on any atom is 0.270 e. The molecule has 1 unspecified atom stereocenters. The average Bonchev–Trinajstić information content (AvgIpc) is 2.27. The molecule has 1 rings (SSSR count). The molecule has 0 aliphatic rings. The Morgan fingerprint density at radius 3 is 2.53 bits per heavy atom. The Bertz CT molecular complexity index is 379. The van der Waals surface area contributed by atoms with Crippen LogP contribution in [0.4, 0.5) is 0 Å². The second-order valence-electron chi connectivity index (χ2n) is 5.32. The van der Waals surface area contributed by atoms with E-state index in [9.17, 15) is 4.79 Å². The molecular formula is C13H21N3O. The zero-order chi connectivity index (χ0) is 13.1. The van der Waals surface area contributed by atoms with Crippen LogP contribution in [-0.4, -0.2) is 16.9 Å². The molecular weight excluding hydrogens is 214 g/mol. The lowest BCUT2D eigenvalue weighted by molar-refractivity contribution is 0.0905. The van der Waals surface area contributed by atoms with Gasteiger partial charge in [0.05, 0.1) is 0 Å². The highest BCUT2D eigenvalue weighted by Crippen LogP contribution is 2.18. The lowest BCUT2D eigenvalue weighted by Gasteiger charge is -2.27. The van der Waals surface area contributed by atoms with Crippen LogP contribution in [0.15, 0.2) is 18.3 Å². The van der Waals surface area contributed by atoms with Crippen LogP contribution < -0.4 is 11.1 Å². The molecule has 0 radical (unpaired) electrons. The van der Waals surface area contributed by atoms with Crippen molar-refractivity contribution in [3.8, 4) is 0 Å². The first kappa shape index (κ1) is 13.6. The van der Waals surface area contributed by atoms with Crippen molar-refractivity contribution in [3.63, 3.8) is 0 Å². The Morgan fingerprint density at radius 2 is 2.12 bits per heavy atom. The Labute approximate surface area is 103 Å². The molecule has 0 fully saturated rings. The van der Waals surface area contributed by atoms with E-state index in [2.05, 4.69) is 31.1 Å². The summed E-state index contributed by atoms with van der Waals surface area (Å²) in [6.07, 6.45) is 1.64. The zero-order valence-corrected chi connectivity index (χ0v) is 10.9. The van der Waals surface area contributed by atoms with Gasteiger partial charge in [0.15, 0.2) is 0 Å². The highest BCUT2D eigenvalue weighted by atomic mass is 16.1. The van der Waals surface area contributed by atoms with Crippen molar-refractivity contribution in [1.29, 1.82) is 0 Å². The van der Waals surface area contributed by atoms with Gasteiger partial charge in [0.1, 0.15) is 5.69 Å². The number of nitrogens with two attached hydrogens (primary N) is 1. The number of aromatic nitrogens is 1. The highest BCUT2D eigenvalue weighted by molar-refractivity contribution is 5.92. The first-order valence-corrected chi connectivity index (χ1v) is 5.80. The van der Waals surface area contributed by atoms with Crippen molar-refractivity contribution in [3.05, 3.63) is 29.6 Å². The van der Waals surface area contributed by atoms with Gasteiger partial charge in [-0.15, -0.1) is 0 Å². The number of hydrogen-bond acceptors (Lipinski definition) is 3. The van der Waals surface area contributed by atoms with Crippen molar-refractivity contribution in [2.75, 3.05) is 0 Å². The average molecular weight is 235 g/mol. The summed E-state index contributed by atoms with van der Waals surface area (Å²) < 4.78 is 0. The van der Waals surface area contributed by atoms with E-state index in [1.807, 2.05) is 13.0 Å². The summed E-state index contributed by atoms with van der Waals surface area (Å²) in [5, 5.41) is 2.94. The van der Waals surface area contributed by atoms with Crippen LogP contribution >= 0.6 is 0 Å². The van der Waals surface area contributed by atoms with Gasteiger partial charge in [-0.1, -0.05) is 26.8 Å². The van der Waals surface area contributed by atoms with Crippen LogP contribution in [0.1, 0.15) is 43.7 Å². The molecule has 1 aromatic rings. The van der Waals surface area contributed by atoms with Gasteiger partial charge in [-0.2, -0.15) is 0 Å². The first-order chi connectivity index (χ1) is 7.84. The molecule has 1 aromatic heterocycles. The zero-order valence-electron chi connectivity index (χ0n) is 10.9. The SMILES string of the molecule is CC(NC(=O)c1ccc(CN)cn1)C(C)(C)C. The summed E-state index contributed by atoms with van der Waals surface area (Å²) >= 11 is 0. The van der Waals surface area contributed by atoms with Crippen LogP contribution in [0.2, 0.25) is 0 Å². The minimum Gasteiger partial charge on any atom is -0.348 e. The van der Waals surface area contributed by atoms with Crippen LogP contribution in [0, 0.1) is 5.41 Å². The molecule has 0 saturated carbocycles. The molecule has 1 amide bonds.